The van der Waals surface area contributed by atoms with Crippen molar-refractivity contribution in [2.75, 3.05) is 9.80 Å². The van der Waals surface area contributed by atoms with E-state index in [0.29, 0.717) is 0 Å². The summed E-state index contributed by atoms with van der Waals surface area (Å²) in [4.78, 5) is 4.84. The highest BCUT2D eigenvalue weighted by atomic mass is 16.3. The smallest absolute Gasteiger partial charge is 0.137 e. The van der Waals surface area contributed by atoms with Crippen molar-refractivity contribution >= 4 is 50.3 Å². The first-order valence-corrected chi connectivity index (χ1v) is 24.9. The van der Waals surface area contributed by atoms with Gasteiger partial charge in [-0.3, -0.25) is 0 Å². The molecular weight excluding hydrogens is 837 g/mol. The predicted molar refractivity (Wildman–Crippen MR) is 295 cm³/mol. The highest BCUT2D eigenvalue weighted by Crippen LogP contribution is 2.56. The Morgan fingerprint density at radius 1 is 0.435 bits per heavy atom. The van der Waals surface area contributed by atoms with Crippen LogP contribution < -0.4 is 9.80 Å². The highest BCUT2D eigenvalue weighted by Gasteiger charge is 2.43. The van der Waals surface area contributed by atoms with Crippen molar-refractivity contribution in [3.63, 3.8) is 0 Å². The van der Waals surface area contributed by atoms with E-state index in [9.17, 15) is 0 Å². The quantitative estimate of drug-likeness (QED) is 0.144. The summed E-state index contributed by atoms with van der Waals surface area (Å²) in [6.07, 6.45) is 15.6. The van der Waals surface area contributed by atoms with Crippen LogP contribution >= 0.6 is 0 Å². The first-order valence-electron chi connectivity index (χ1n) is 24.9. The van der Waals surface area contributed by atoms with Crippen LogP contribution in [0.2, 0.25) is 0 Å². The van der Waals surface area contributed by atoms with Crippen LogP contribution in [0.25, 0.3) is 49.8 Å². The van der Waals surface area contributed by atoms with E-state index in [1.807, 2.05) is 33.8 Å². The molecule has 1 atom stereocenters. The molecule has 0 radical (unpaired) electrons. The van der Waals surface area contributed by atoms with Gasteiger partial charge in [0.15, 0.2) is 0 Å². The first kappa shape index (κ1) is 44.9. The summed E-state index contributed by atoms with van der Waals surface area (Å²) in [5, 5.41) is 2.22. The second-order valence-electron chi connectivity index (χ2n) is 17.6. The van der Waals surface area contributed by atoms with Crippen molar-refractivity contribution in [3.8, 4) is 22.3 Å². The van der Waals surface area contributed by atoms with Crippen LogP contribution in [0.5, 0.6) is 0 Å². The van der Waals surface area contributed by atoms with Crippen LogP contribution in [0.15, 0.2) is 240 Å². The van der Waals surface area contributed by atoms with Gasteiger partial charge in [-0.1, -0.05) is 185 Å². The van der Waals surface area contributed by atoms with E-state index >= 15 is 0 Å². The van der Waals surface area contributed by atoms with Gasteiger partial charge in [0.1, 0.15) is 11.2 Å². The van der Waals surface area contributed by atoms with E-state index in [-0.39, 0.29) is 5.41 Å². The molecule has 1 aromatic heterocycles. The van der Waals surface area contributed by atoms with Crippen LogP contribution in [0, 0.1) is 0 Å². The van der Waals surface area contributed by atoms with E-state index in [1.165, 1.54) is 67.2 Å². The molecule has 1 unspecified atom stereocenters. The highest BCUT2D eigenvalue weighted by molar-refractivity contribution is 6.13. The normalized spacial score (nSPS) is 15.6. The molecule has 0 spiro atoms. The average Bonchev–Trinajstić information content (AvgIpc) is 3.95. The number of benzene rings is 8. The molecule has 9 aromatic rings. The largest absolute Gasteiger partial charge is 0.456 e. The summed E-state index contributed by atoms with van der Waals surface area (Å²) in [6.45, 7) is 10.4. The molecule has 3 nitrogen and oxygen atoms in total. The first-order chi connectivity index (χ1) is 34.1. The fourth-order valence-electron chi connectivity index (χ4n) is 10.9. The molecule has 0 N–H and O–H groups in total. The lowest BCUT2D eigenvalue weighted by Gasteiger charge is -2.33. The molecule has 8 aromatic carbocycles. The maximum atomic E-state index is 6.37. The van der Waals surface area contributed by atoms with Gasteiger partial charge in [-0.15, -0.1) is 0 Å². The summed E-state index contributed by atoms with van der Waals surface area (Å²) in [5.41, 5.74) is 20.4. The van der Waals surface area contributed by atoms with Crippen molar-refractivity contribution in [3.05, 3.63) is 258 Å². The number of fused-ring (bicyclic) bond motifs is 6. The third-order valence-corrected chi connectivity index (χ3v) is 13.9. The zero-order chi connectivity index (χ0) is 47.3. The summed E-state index contributed by atoms with van der Waals surface area (Å²) in [7, 11) is 0. The van der Waals surface area contributed by atoms with Gasteiger partial charge >= 0.3 is 0 Å². The molecule has 3 aliphatic rings. The molecule has 69 heavy (non-hydrogen) atoms. The number of hydrogen-bond donors (Lipinski definition) is 0. The minimum atomic E-state index is -0.382. The lowest BCUT2D eigenvalue weighted by Crippen LogP contribution is -2.24. The Balaban J connectivity index is 0.00000135. The Bertz CT molecular complexity index is 3390. The Labute approximate surface area is 408 Å². The summed E-state index contributed by atoms with van der Waals surface area (Å²) >= 11 is 0. The molecule has 0 saturated heterocycles. The lowest BCUT2D eigenvalue weighted by molar-refractivity contribution is 0.669. The minimum absolute atomic E-state index is 0.382. The molecule has 0 bridgehead atoms. The van der Waals surface area contributed by atoms with Crippen LogP contribution in [0.4, 0.5) is 22.7 Å². The lowest BCUT2D eigenvalue weighted by atomic mass is 9.71. The Morgan fingerprint density at radius 3 is 1.70 bits per heavy atom. The summed E-state index contributed by atoms with van der Waals surface area (Å²) in [5.74, 6) is 0. The van der Waals surface area contributed by atoms with Gasteiger partial charge in [0, 0.05) is 39.3 Å². The van der Waals surface area contributed by atoms with Gasteiger partial charge in [0.2, 0.25) is 0 Å². The van der Waals surface area contributed by atoms with Crippen molar-refractivity contribution in [1.29, 1.82) is 0 Å². The van der Waals surface area contributed by atoms with E-state index < -0.39 is 0 Å². The van der Waals surface area contributed by atoms with Crippen LogP contribution in [-0.4, -0.2) is 0 Å². The zero-order valence-electron chi connectivity index (χ0n) is 40.5. The second-order valence-corrected chi connectivity index (χ2v) is 17.6. The van der Waals surface area contributed by atoms with Gasteiger partial charge < -0.3 is 14.2 Å². The van der Waals surface area contributed by atoms with Crippen LogP contribution in [0.1, 0.15) is 82.6 Å². The van der Waals surface area contributed by atoms with Crippen LogP contribution in [-0.2, 0) is 5.41 Å². The Hall–Kier alpha value is -7.88. The number of furan rings is 1. The molecule has 340 valence electrons. The average molecular weight is 897 g/mol. The number of hydrogen-bond acceptors (Lipinski definition) is 3. The predicted octanol–water partition coefficient (Wildman–Crippen LogP) is 18.9. The van der Waals surface area contributed by atoms with E-state index in [1.54, 1.807) is 0 Å². The molecular formula is C66H60N2O. The van der Waals surface area contributed by atoms with Gasteiger partial charge in [0.25, 0.3) is 0 Å². The van der Waals surface area contributed by atoms with Gasteiger partial charge in [0.05, 0.1) is 11.1 Å². The fraction of sp³-hybridized carbons (Fsp3) is 0.152. The number of rotatable bonds is 9. The fourth-order valence-corrected chi connectivity index (χ4v) is 10.9. The molecule has 0 fully saturated rings. The standard InChI is InChI=1S/C62H48N2O.2C2H6/c1-62(55-30-15-12-26-52(55)60-51(28-17-31-56(60)62)44-37-39-48(40-38-44)63(45-19-5-2-6-20-45)46-21-7-3-8-22-46)54-29-14-11-25-50(54)43-35-41-49(42-36-43)64(47-23-9-4-10-24-47)57-32-18-34-59-61(57)53-27-13-16-33-58(53)65-59;2*1-2/h2-7,9-21,23-37,39,41-42H,8,22,38,40H2,1H3;2*1-2H3. The number of anilines is 4. The van der Waals surface area contributed by atoms with Crippen molar-refractivity contribution in [2.45, 2.75) is 65.7 Å². The minimum Gasteiger partial charge on any atom is -0.456 e. The molecule has 0 saturated carbocycles. The topological polar surface area (TPSA) is 19.6 Å². The van der Waals surface area contributed by atoms with Gasteiger partial charge in [-0.2, -0.15) is 0 Å². The molecule has 0 amide bonds. The maximum Gasteiger partial charge on any atom is 0.137 e. The summed E-state index contributed by atoms with van der Waals surface area (Å²) < 4.78 is 6.37. The van der Waals surface area contributed by atoms with E-state index in [0.717, 1.165) is 64.7 Å². The monoisotopic (exact) mass is 896 g/mol. The molecule has 3 heteroatoms. The molecule has 12 rings (SSSR count). The van der Waals surface area contributed by atoms with Crippen molar-refractivity contribution in [2.24, 2.45) is 0 Å². The Kier molecular flexibility index (Phi) is 12.9. The zero-order valence-corrected chi connectivity index (χ0v) is 40.5. The SMILES string of the molecule is CC.CC.CC1(c2ccccc2-c2ccc(N(c3ccccc3)c3cccc4oc5ccccc5c34)cc2)c2ccccc2-c2c(C3=CC=C(N(C4=CC=CCC4)c4ccccc4)CC3)cccc21. The maximum absolute atomic E-state index is 6.37. The van der Waals surface area contributed by atoms with Crippen molar-refractivity contribution in [1.82, 2.24) is 0 Å². The number of para-hydroxylation sites is 3. The van der Waals surface area contributed by atoms with E-state index in [2.05, 4.69) is 235 Å². The van der Waals surface area contributed by atoms with Crippen LogP contribution in [0.3, 0.4) is 0 Å². The molecule has 0 aliphatic heterocycles. The molecule has 1 heterocycles. The second kappa shape index (κ2) is 19.8. The number of allylic oxidation sites excluding steroid dienone is 8. The number of nitrogens with zero attached hydrogens (tertiary/aromatic N) is 2. The molecule has 3 aliphatic carbocycles. The van der Waals surface area contributed by atoms with E-state index in [4.69, 9.17) is 4.42 Å². The third-order valence-electron chi connectivity index (χ3n) is 13.9. The van der Waals surface area contributed by atoms with Gasteiger partial charge in [-0.25, -0.2) is 0 Å². The Morgan fingerprint density at radius 2 is 1.00 bits per heavy atom. The van der Waals surface area contributed by atoms with Crippen molar-refractivity contribution < 1.29 is 4.42 Å². The third kappa shape index (κ3) is 8.02. The van der Waals surface area contributed by atoms with Gasteiger partial charge in [-0.05, 0) is 149 Å². The summed E-state index contributed by atoms with van der Waals surface area (Å²) in [6, 6.07) is 70.5.